The van der Waals surface area contributed by atoms with E-state index in [0.717, 1.165) is 0 Å². The normalized spacial score (nSPS) is 9.47. The Morgan fingerprint density at radius 1 is 1.53 bits per heavy atom. The molecule has 82 valence electrons. The average molecular weight is 211 g/mol. The summed E-state index contributed by atoms with van der Waals surface area (Å²) in [6.07, 6.45) is 0.576. The fourth-order valence-corrected chi connectivity index (χ4v) is 1.11. The molecule has 0 aliphatic carbocycles. The SMILES string of the molecule is COc1cc(OCCO)ccc1NC=O. The van der Waals surface area contributed by atoms with Crippen LogP contribution in [0.2, 0.25) is 0 Å². The molecule has 15 heavy (non-hydrogen) atoms. The van der Waals surface area contributed by atoms with Crippen LogP contribution in [0.3, 0.4) is 0 Å². The Hall–Kier alpha value is -1.75. The summed E-state index contributed by atoms with van der Waals surface area (Å²) in [6.45, 7) is 0.181. The number of hydrogen-bond donors (Lipinski definition) is 2. The fourth-order valence-electron chi connectivity index (χ4n) is 1.11. The Bertz CT molecular complexity index is 327. The van der Waals surface area contributed by atoms with Gasteiger partial charge in [0.2, 0.25) is 6.41 Å². The van der Waals surface area contributed by atoms with Crippen molar-refractivity contribution in [2.75, 3.05) is 25.6 Å². The van der Waals surface area contributed by atoms with Gasteiger partial charge in [-0.1, -0.05) is 0 Å². The molecule has 1 amide bonds. The highest BCUT2D eigenvalue weighted by molar-refractivity contribution is 5.75. The van der Waals surface area contributed by atoms with Crippen LogP contribution in [-0.4, -0.2) is 31.8 Å². The highest BCUT2D eigenvalue weighted by atomic mass is 16.5. The summed E-state index contributed by atoms with van der Waals surface area (Å²) in [5, 5.41) is 11.1. The van der Waals surface area contributed by atoms with Gasteiger partial charge in [-0.25, -0.2) is 0 Å². The maximum Gasteiger partial charge on any atom is 0.211 e. The van der Waals surface area contributed by atoms with Gasteiger partial charge < -0.3 is 19.9 Å². The summed E-state index contributed by atoms with van der Waals surface area (Å²) in [7, 11) is 1.50. The first-order valence-electron chi connectivity index (χ1n) is 4.43. The lowest BCUT2D eigenvalue weighted by molar-refractivity contribution is -0.105. The number of hydrogen-bond acceptors (Lipinski definition) is 4. The van der Waals surface area contributed by atoms with Gasteiger partial charge in [0.15, 0.2) is 0 Å². The van der Waals surface area contributed by atoms with Gasteiger partial charge in [0, 0.05) is 6.07 Å². The zero-order valence-electron chi connectivity index (χ0n) is 8.40. The van der Waals surface area contributed by atoms with Gasteiger partial charge in [-0.3, -0.25) is 4.79 Å². The van der Waals surface area contributed by atoms with E-state index in [4.69, 9.17) is 14.6 Å². The quantitative estimate of drug-likeness (QED) is 0.677. The first-order valence-corrected chi connectivity index (χ1v) is 4.43. The molecular formula is C10H13NO4. The van der Waals surface area contributed by atoms with Crippen LogP contribution in [0.5, 0.6) is 11.5 Å². The van der Waals surface area contributed by atoms with Crippen molar-refractivity contribution in [2.45, 2.75) is 0 Å². The third-order valence-corrected chi connectivity index (χ3v) is 1.75. The molecule has 0 unspecified atom stereocenters. The summed E-state index contributed by atoms with van der Waals surface area (Å²) in [5.41, 5.74) is 0.573. The largest absolute Gasteiger partial charge is 0.494 e. The van der Waals surface area contributed by atoms with Crippen molar-refractivity contribution in [3.05, 3.63) is 18.2 Å². The van der Waals surface area contributed by atoms with Gasteiger partial charge in [0.05, 0.1) is 19.4 Å². The predicted octanol–water partition coefficient (Wildman–Crippen LogP) is 0.635. The van der Waals surface area contributed by atoms with Crippen molar-refractivity contribution in [3.8, 4) is 11.5 Å². The third-order valence-electron chi connectivity index (χ3n) is 1.75. The molecule has 1 aromatic rings. The van der Waals surface area contributed by atoms with E-state index in [9.17, 15) is 4.79 Å². The van der Waals surface area contributed by atoms with Crippen LogP contribution >= 0.6 is 0 Å². The summed E-state index contributed by atoms with van der Waals surface area (Å²) < 4.78 is 10.2. The van der Waals surface area contributed by atoms with E-state index in [1.807, 2.05) is 0 Å². The molecule has 0 fully saturated rings. The second kappa shape index (κ2) is 5.87. The average Bonchev–Trinajstić information content (AvgIpc) is 2.28. The van der Waals surface area contributed by atoms with Crippen LogP contribution in [0, 0.1) is 0 Å². The number of nitrogens with one attached hydrogen (secondary N) is 1. The Labute approximate surface area is 87.6 Å². The number of carbonyl (C=O) groups is 1. The van der Waals surface area contributed by atoms with Gasteiger partial charge in [-0.15, -0.1) is 0 Å². The molecule has 0 saturated carbocycles. The minimum Gasteiger partial charge on any atom is -0.494 e. The zero-order chi connectivity index (χ0) is 11.1. The van der Waals surface area contributed by atoms with Crippen molar-refractivity contribution in [3.63, 3.8) is 0 Å². The molecule has 0 radical (unpaired) electrons. The summed E-state index contributed by atoms with van der Waals surface area (Å²) in [5.74, 6) is 1.09. The zero-order valence-corrected chi connectivity index (χ0v) is 8.40. The standard InChI is InChI=1S/C10H13NO4/c1-14-10-6-8(15-5-4-12)2-3-9(10)11-7-13/h2-3,6-7,12H,4-5H2,1H3,(H,11,13). The van der Waals surface area contributed by atoms with Crippen LogP contribution < -0.4 is 14.8 Å². The maximum atomic E-state index is 10.3. The molecule has 0 aliphatic rings. The van der Waals surface area contributed by atoms with Gasteiger partial charge in [0.25, 0.3) is 0 Å². The molecule has 2 N–H and O–H groups in total. The number of amides is 1. The second-order valence-electron chi connectivity index (χ2n) is 2.70. The van der Waals surface area contributed by atoms with E-state index < -0.39 is 0 Å². The number of aliphatic hydroxyl groups excluding tert-OH is 1. The maximum absolute atomic E-state index is 10.3. The van der Waals surface area contributed by atoms with Crippen molar-refractivity contribution in [1.82, 2.24) is 0 Å². The first kappa shape index (κ1) is 11.3. The van der Waals surface area contributed by atoms with Crippen LogP contribution in [0.15, 0.2) is 18.2 Å². The molecule has 0 heterocycles. The van der Waals surface area contributed by atoms with Gasteiger partial charge in [-0.05, 0) is 12.1 Å². The lowest BCUT2D eigenvalue weighted by atomic mass is 10.3. The van der Waals surface area contributed by atoms with E-state index in [-0.39, 0.29) is 13.2 Å². The molecule has 0 bridgehead atoms. The molecule has 5 heteroatoms. The molecule has 0 aromatic heterocycles. The molecule has 0 atom stereocenters. The third kappa shape index (κ3) is 3.14. The number of anilines is 1. The Kier molecular flexibility index (Phi) is 4.43. The fraction of sp³-hybridized carbons (Fsp3) is 0.300. The molecular weight excluding hydrogens is 198 g/mol. The number of methoxy groups -OCH3 is 1. The monoisotopic (exact) mass is 211 g/mol. The van der Waals surface area contributed by atoms with Crippen molar-refractivity contribution in [1.29, 1.82) is 0 Å². The van der Waals surface area contributed by atoms with Gasteiger partial charge in [0.1, 0.15) is 18.1 Å². The Morgan fingerprint density at radius 3 is 2.93 bits per heavy atom. The molecule has 0 saturated heterocycles. The highest BCUT2D eigenvalue weighted by Gasteiger charge is 2.03. The van der Waals surface area contributed by atoms with Crippen LogP contribution in [-0.2, 0) is 4.79 Å². The molecule has 5 nitrogen and oxygen atoms in total. The van der Waals surface area contributed by atoms with Crippen LogP contribution in [0.1, 0.15) is 0 Å². The van der Waals surface area contributed by atoms with Gasteiger partial charge in [-0.2, -0.15) is 0 Å². The van der Waals surface area contributed by atoms with Crippen molar-refractivity contribution < 1.29 is 19.4 Å². The number of rotatable bonds is 6. The number of aliphatic hydroxyl groups is 1. The second-order valence-corrected chi connectivity index (χ2v) is 2.70. The Morgan fingerprint density at radius 2 is 2.33 bits per heavy atom. The smallest absolute Gasteiger partial charge is 0.211 e. The minimum absolute atomic E-state index is 0.0450. The summed E-state index contributed by atoms with van der Waals surface area (Å²) in [4.78, 5) is 10.3. The molecule has 0 spiro atoms. The topological polar surface area (TPSA) is 67.8 Å². The molecule has 1 rings (SSSR count). The van der Waals surface area contributed by atoms with Crippen LogP contribution in [0.25, 0.3) is 0 Å². The number of carbonyl (C=O) groups excluding carboxylic acids is 1. The Balaban J connectivity index is 2.81. The van der Waals surface area contributed by atoms with E-state index in [0.29, 0.717) is 23.6 Å². The summed E-state index contributed by atoms with van der Waals surface area (Å²) in [6, 6.07) is 4.99. The first-order chi connectivity index (χ1) is 7.31. The van der Waals surface area contributed by atoms with Gasteiger partial charge >= 0.3 is 0 Å². The van der Waals surface area contributed by atoms with E-state index >= 15 is 0 Å². The number of benzene rings is 1. The van der Waals surface area contributed by atoms with E-state index in [1.165, 1.54) is 7.11 Å². The summed E-state index contributed by atoms with van der Waals surface area (Å²) >= 11 is 0. The lowest BCUT2D eigenvalue weighted by Gasteiger charge is -2.10. The van der Waals surface area contributed by atoms with Crippen molar-refractivity contribution >= 4 is 12.1 Å². The van der Waals surface area contributed by atoms with Crippen molar-refractivity contribution in [2.24, 2.45) is 0 Å². The molecule has 0 aliphatic heterocycles. The minimum atomic E-state index is -0.0450. The molecule has 1 aromatic carbocycles. The van der Waals surface area contributed by atoms with E-state index in [2.05, 4.69) is 5.32 Å². The highest BCUT2D eigenvalue weighted by Crippen LogP contribution is 2.28. The predicted molar refractivity (Wildman–Crippen MR) is 55.3 cm³/mol. The van der Waals surface area contributed by atoms with Crippen LogP contribution in [0.4, 0.5) is 5.69 Å². The number of ether oxygens (including phenoxy) is 2. The van der Waals surface area contributed by atoms with E-state index in [1.54, 1.807) is 18.2 Å². The lowest BCUT2D eigenvalue weighted by Crippen LogP contribution is -2.03.